The number of carbonyl (C=O) groups excluding carboxylic acids is 1. The first-order valence-corrected chi connectivity index (χ1v) is 16.6. The molecule has 0 saturated carbocycles. The van der Waals surface area contributed by atoms with Crippen LogP contribution in [0.1, 0.15) is 6.92 Å². The molecule has 0 unspecified atom stereocenters. The molecule has 0 aromatic heterocycles. The predicted octanol–water partition coefficient (Wildman–Crippen LogP) is 3.62. The van der Waals surface area contributed by atoms with Gasteiger partial charge in [0.2, 0.25) is 0 Å². The molecule has 0 radical (unpaired) electrons. The molecule has 2 nitrogen and oxygen atoms in total. The topological polar surface area (TPSA) is 26.3 Å². The number of rotatable bonds is 5. The fourth-order valence-corrected chi connectivity index (χ4v) is 15.6. The Morgan fingerprint density at radius 3 is 1.42 bits per heavy atom. The van der Waals surface area contributed by atoms with E-state index in [1.54, 1.807) is 0 Å². The van der Waals surface area contributed by atoms with E-state index in [-0.39, 0.29) is 5.97 Å². The molecule has 0 saturated heterocycles. The molecule has 0 atom stereocenters. The van der Waals surface area contributed by atoms with Crippen LogP contribution >= 0.6 is 13.9 Å². The number of hydrogen-bond acceptors (Lipinski definition) is 2. The zero-order valence-corrected chi connectivity index (χ0v) is 17.9. The van der Waals surface area contributed by atoms with Crippen LogP contribution in [0.3, 0.4) is 0 Å². The van der Waals surface area contributed by atoms with Gasteiger partial charge in [0.05, 0.1) is 0 Å². The molecular weight excluding hydrogens is 451 g/mol. The summed E-state index contributed by atoms with van der Waals surface area (Å²) in [7, 11) is -3.86. The summed E-state index contributed by atoms with van der Waals surface area (Å²) in [6.07, 6.45) is 1.54. The van der Waals surface area contributed by atoms with Gasteiger partial charge in [0, 0.05) is 0 Å². The van der Waals surface area contributed by atoms with Crippen molar-refractivity contribution in [3.63, 3.8) is 0 Å². The Morgan fingerprint density at radius 2 is 1.12 bits per heavy atom. The summed E-state index contributed by atoms with van der Waals surface area (Å²) in [4.78, 5) is 13.4. The van der Waals surface area contributed by atoms with Crippen molar-refractivity contribution in [2.45, 2.75) is 6.92 Å². The first kappa shape index (κ1) is 18.7. The van der Waals surface area contributed by atoms with Crippen LogP contribution in [0.2, 0.25) is 0 Å². The molecule has 0 heterocycles. The molecule has 3 aromatic carbocycles. The van der Waals surface area contributed by atoms with Gasteiger partial charge in [-0.1, -0.05) is 0 Å². The molecule has 0 aliphatic heterocycles. The van der Waals surface area contributed by atoms with Crippen molar-refractivity contribution in [1.29, 1.82) is 0 Å². The van der Waals surface area contributed by atoms with E-state index in [4.69, 9.17) is 4.74 Å². The molecule has 0 N–H and O–H groups in total. The van der Waals surface area contributed by atoms with E-state index >= 15 is 0 Å². The second-order valence-electron chi connectivity index (χ2n) is 5.98. The summed E-state index contributed by atoms with van der Waals surface area (Å²) in [6.45, 7) is 1.41. The van der Waals surface area contributed by atoms with E-state index in [0.717, 1.165) is 0 Å². The van der Waals surface area contributed by atoms with Crippen molar-refractivity contribution in [3.8, 4) is 0 Å². The Kier molecular flexibility index (Phi) is 5.50. The van der Waals surface area contributed by atoms with Crippen molar-refractivity contribution in [1.82, 2.24) is 0 Å². The molecule has 132 valence electrons. The van der Waals surface area contributed by atoms with Crippen LogP contribution in [0.15, 0.2) is 102 Å². The molecular formula is C22H20AsBrO2. The van der Waals surface area contributed by atoms with Crippen LogP contribution in [-0.2, 0) is 9.53 Å². The number of ether oxygens (including phenoxy) is 1. The summed E-state index contributed by atoms with van der Waals surface area (Å²) in [6, 6.07) is 31.1. The van der Waals surface area contributed by atoms with Crippen molar-refractivity contribution in [2.24, 2.45) is 0 Å². The average Bonchev–Trinajstić information content (AvgIpc) is 2.70. The van der Waals surface area contributed by atoms with Gasteiger partial charge in [-0.25, -0.2) is 0 Å². The Balaban J connectivity index is 2.39. The molecule has 0 amide bonds. The van der Waals surface area contributed by atoms with Gasteiger partial charge in [-0.15, -0.1) is 0 Å². The van der Waals surface area contributed by atoms with E-state index in [0.29, 0.717) is 0 Å². The van der Waals surface area contributed by atoms with E-state index in [2.05, 4.69) is 55.2 Å². The Hall–Kier alpha value is -2.09. The summed E-state index contributed by atoms with van der Waals surface area (Å²) in [5.74, 6) is -0.332. The van der Waals surface area contributed by atoms with Crippen LogP contribution < -0.4 is 13.1 Å². The van der Waals surface area contributed by atoms with Crippen LogP contribution in [0, 0.1) is 0 Å². The van der Waals surface area contributed by atoms with Crippen molar-refractivity contribution in [2.75, 3.05) is 0 Å². The van der Waals surface area contributed by atoms with Gasteiger partial charge in [-0.2, -0.15) is 0 Å². The van der Waals surface area contributed by atoms with Gasteiger partial charge in [-0.3, -0.25) is 0 Å². The summed E-state index contributed by atoms with van der Waals surface area (Å²) in [5.41, 5.74) is 0. The molecule has 0 fully saturated rings. The van der Waals surface area contributed by atoms with Gasteiger partial charge in [-0.05, 0) is 0 Å². The normalized spacial score (nSPS) is 13.1. The second-order valence-corrected chi connectivity index (χ2v) is 22.0. The van der Waals surface area contributed by atoms with E-state index in [1.807, 2.05) is 54.6 Å². The molecule has 0 aliphatic rings. The molecule has 3 rings (SSSR count). The van der Waals surface area contributed by atoms with Crippen molar-refractivity contribution < 1.29 is 9.53 Å². The molecule has 4 heteroatoms. The molecule has 0 spiro atoms. The number of halogens is 1. The first-order valence-electron chi connectivity index (χ1n) is 8.31. The van der Waals surface area contributed by atoms with Crippen molar-refractivity contribution >= 4 is 43.5 Å². The number of benzene rings is 3. The van der Waals surface area contributed by atoms with E-state index in [9.17, 15) is 4.79 Å². The summed E-state index contributed by atoms with van der Waals surface area (Å²) < 4.78 is 8.78. The Morgan fingerprint density at radius 1 is 0.769 bits per heavy atom. The van der Waals surface area contributed by atoms with E-state index in [1.165, 1.54) is 26.2 Å². The van der Waals surface area contributed by atoms with Gasteiger partial charge in [0.25, 0.3) is 0 Å². The average molecular weight is 471 g/mol. The van der Waals surface area contributed by atoms with Gasteiger partial charge >= 0.3 is 162 Å². The van der Waals surface area contributed by atoms with Crippen LogP contribution in [0.4, 0.5) is 0 Å². The number of esters is 1. The quantitative estimate of drug-likeness (QED) is 0.323. The standard InChI is InChI=1S/C22H20AsBrO2/c1-19(25)26-18-17-23(24,20-11-5-2-6-12-20,21-13-7-3-8-14-21)22-15-9-4-10-16-22/h2-18H,1H3. The van der Waals surface area contributed by atoms with Crippen LogP contribution in [0.5, 0.6) is 0 Å². The van der Waals surface area contributed by atoms with Gasteiger partial charge in [0.1, 0.15) is 0 Å². The third kappa shape index (κ3) is 3.30. The van der Waals surface area contributed by atoms with Crippen LogP contribution in [0.25, 0.3) is 0 Å². The van der Waals surface area contributed by atoms with Gasteiger partial charge in [0.15, 0.2) is 0 Å². The first-order chi connectivity index (χ1) is 12.6. The predicted molar refractivity (Wildman–Crippen MR) is 114 cm³/mol. The summed E-state index contributed by atoms with van der Waals surface area (Å²) in [5, 5.41) is 0. The fourth-order valence-electron chi connectivity index (χ4n) is 3.10. The number of hydrogen-bond donors (Lipinski definition) is 0. The third-order valence-electron chi connectivity index (χ3n) is 4.36. The van der Waals surface area contributed by atoms with Gasteiger partial charge < -0.3 is 0 Å². The maximum atomic E-state index is 11.4. The second kappa shape index (κ2) is 7.65. The molecule has 26 heavy (non-hydrogen) atoms. The van der Waals surface area contributed by atoms with E-state index < -0.39 is 10.6 Å². The van der Waals surface area contributed by atoms with Crippen LogP contribution in [-0.4, -0.2) is 16.6 Å². The minimum absolute atomic E-state index is 0.332. The minimum atomic E-state index is -3.86. The molecule has 0 bridgehead atoms. The third-order valence-corrected chi connectivity index (χ3v) is 21.6. The molecule has 0 aliphatic carbocycles. The monoisotopic (exact) mass is 470 g/mol. The SMILES string of the molecule is CC(=O)OC=C[As](Br)(c1ccccc1)(c1ccccc1)c1ccccc1. The zero-order chi connectivity index (χ0) is 18.5. The zero-order valence-electron chi connectivity index (χ0n) is 14.5. The molecule has 3 aromatic rings. The Bertz CT molecular complexity index is 809. The number of carbonyl (C=O) groups is 1. The Labute approximate surface area is 161 Å². The fraction of sp³-hybridized carbons (Fsp3) is 0.0455. The summed E-state index contributed by atoms with van der Waals surface area (Å²) >= 11 is 4.27. The van der Waals surface area contributed by atoms with Crippen molar-refractivity contribution in [3.05, 3.63) is 102 Å². The maximum absolute atomic E-state index is 11.4.